The molecular formula is C54H74N2. The molecule has 8 aliphatic rings. The summed E-state index contributed by atoms with van der Waals surface area (Å²) in [5.74, 6) is 2.95. The molecule has 300 valence electrons. The highest BCUT2D eigenvalue weighted by atomic mass is 15.2. The van der Waals surface area contributed by atoms with Gasteiger partial charge in [0, 0.05) is 41.5 Å². The molecule has 0 heterocycles. The van der Waals surface area contributed by atoms with Gasteiger partial charge in [0.1, 0.15) is 0 Å². The summed E-state index contributed by atoms with van der Waals surface area (Å²) in [6, 6.07) is 13.8. The van der Waals surface area contributed by atoms with Crippen molar-refractivity contribution in [3.05, 3.63) is 119 Å². The highest BCUT2D eigenvalue weighted by Crippen LogP contribution is 2.46. The van der Waals surface area contributed by atoms with Gasteiger partial charge in [0.2, 0.25) is 0 Å². The third-order valence-electron chi connectivity index (χ3n) is 16.0. The summed E-state index contributed by atoms with van der Waals surface area (Å²) in [5.41, 5.74) is 10.4. The first kappa shape index (κ1) is 38.5. The lowest BCUT2D eigenvalue weighted by atomic mass is 9.72. The molecule has 6 atom stereocenters. The minimum atomic E-state index is 0.558. The average Bonchev–Trinajstić information content (AvgIpc) is 3.29. The summed E-state index contributed by atoms with van der Waals surface area (Å²) in [5, 5.41) is 0. The number of rotatable bonds is 10. The fraction of sp³-hybridized carbons (Fsp3) is 0.630. The monoisotopic (exact) mass is 751 g/mol. The van der Waals surface area contributed by atoms with Crippen molar-refractivity contribution in [1.82, 2.24) is 9.80 Å². The molecule has 1 fully saturated rings. The fourth-order valence-corrected chi connectivity index (χ4v) is 13.0. The van der Waals surface area contributed by atoms with E-state index in [-0.39, 0.29) is 0 Å². The lowest BCUT2D eigenvalue weighted by Gasteiger charge is -2.46. The van der Waals surface area contributed by atoms with E-state index in [4.69, 9.17) is 0 Å². The highest BCUT2D eigenvalue weighted by molar-refractivity contribution is 5.40. The zero-order valence-electron chi connectivity index (χ0n) is 35.0. The van der Waals surface area contributed by atoms with Crippen LogP contribution in [-0.2, 0) is 0 Å². The van der Waals surface area contributed by atoms with Crippen LogP contribution in [0.5, 0.6) is 0 Å². The summed E-state index contributed by atoms with van der Waals surface area (Å²) in [7, 11) is 0. The zero-order valence-corrected chi connectivity index (χ0v) is 35.0. The van der Waals surface area contributed by atoms with Gasteiger partial charge in [-0.05, 0) is 201 Å². The Balaban J connectivity index is 0.878. The van der Waals surface area contributed by atoms with Crippen LogP contribution in [0.25, 0.3) is 0 Å². The molecule has 0 aliphatic heterocycles. The Hall–Kier alpha value is -3.00. The van der Waals surface area contributed by atoms with Crippen molar-refractivity contribution >= 4 is 0 Å². The summed E-state index contributed by atoms with van der Waals surface area (Å²) >= 11 is 0. The molecule has 2 heteroatoms. The Morgan fingerprint density at radius 2 is 1.16 bits per heavy atom. The van der Waals surface area contributed by atoms with Crippen LogP contribution in [0.2, 0.25) is 0 Å². The first-order valence-electron chi connectivity index (χ1n) is 24.2. The maximum Gasteiger partial charge on any atom is 0.0473 e. The normalized spacial score (nSPS) is 34.0. The molecule has 0 spiro atoms. The lowest BCUT2D eigenvalue weighted by molar-refractivity contribution is 0.132. The minimum absolute atomic E-state index is 0.558. The smallest absolute Gasteiger partial charge is 0.0473 e. The standard InChI is InChI=1S/C54H74N2/c1-5-15-41(16-6-1)43-25-33-49(34-26-43)55(47-19-9-3-10-20-47)51-37-29-45(30-38-51)53-23-13-14-24-54(53)46-31-39-52(40-32-46)56(48-21-11-4-12-22-48)50-35-27-44(28-36-50)42-17-7-2-8-18-42/h1,5-7,15-17,19,21,25,27,29,33,35,42-44,46,49-52H,2-4,8-14,18,20,22-24,26,28,30-32,34,36-40H2. The van der Waals surface area contributed by atoms with Crippen LogP contribution >= 0.6 is 0 Å². The molecule has 56 heavy (non-hydrogen) atoms. The number of hydrogen-bond acceptors (Lipinski definition) is 2. The van der Waals surface area contributed by atoms with Crippen molar-refractivity contribution in [1.29, 1.82) is 0 Å². The van der Waals surface area contributed by atoms with Crippen molar-refractivity contribution in [2.45, 2.75) is 197 Å². The van der Waals surface area contributed by atoms with Crippen molar-refractivity contribution in [3.8, 4) is 0 Å². The van der Waals surface area contributed by atoms with Crippen LogP contribution < -0.4 is 0 Å². The summed E-state index contributed by atoms with van der Waals surface area (Å²) in [4.78, 5) is 5.96. The molecule has 1 aromatic rings. The summed E-state index contributed by atoms with van der Waals surface area (Å²) in [6.07, 6.45) is 58.6. The lowest BCUT2D eigenvalue weighted by Crippen LogP contribution is -2.45. The summed E-state index contributed by atoms with van der Waals surface area (Å²) < 4.78 is 0. The van der Waals surface area contributed by atoms with Crippen LogP contribution in [-0.4, -0.2) is 34.0 Å². The van der Waals surface area contributed by atoms with Gasteiger partial charge < -0.3 is 9.80 Å². The molecule has 1 aromatic carbocycles. The van der Waals surface area contributed by atoms with Gasteiger partial charge in [-0.2, -0.15) is 0 Å². The second-order valence-electron chi connectivity index (χ2n) is 19.3. The van der Waals surface area contributed by atoms with E-state index in [2.05, 4.69) is 94.8 Å². The van der Waals surface area contributed by atoms with Gasteiger partial charge in [-0.25, -0.2) is 0 Å². The molecule has 0 radical (unpaired) electrons. The molecular weight excluding hydrogens is 677 g/mol. The molecule has 0 bridgehead atoms. The second-order valence-corrected chi connectivity index (χ2v) is 19.3. The van der Waals surface area contributed by atoms with E-state index in [9.17, 15) is 0 Å². The maximum absolute atomic E-state index is 3.01. The first-order valence-corrected chi connectivity index (χ1v) is 24.2. The maximum atomic E-state index is 3.01. The van der Waals surface area contributed by atoms with E-state index < -0.39 is 0 Å². The van der Waals surface area contributed by atoms with Gasteiger partial charge in [0.05, 0.1) is 0 Å². The predicted molar refractivity (Wildman–Crippen MR) is 237 cm³/mol. The Labute approximate surface area is 342 Å². The highest BCUT2D eigenvalue weighted by Gasteiger charge is 2.36. The van der Waals surface area contributed by atoms with Gasteiger partial charge >= 0.3 is 0 Å². The van der Waals surface area contributed by atoms with Gasteiger partial charge in [0.15, 0.2) is 0 Å². The van der Waals surface area contributed by atoms with E-state index in [0.717, 1.165) is 23.8 Å². The van der Waals surface area contributed by atoms with E-state index in [1.165, 1.54) is 173 Å². The van der Waals surface area contributed by atoms with Gasteiger partial charge in [-0.1, -0.05) is 90.6 Å². The van der Waals surface area contributed by atoms with E-state index in [0.29, 0.717) is 24.0 Å². The number of benzene rings is 1. The molecule has 8 aliphatic carbocycles. The van der Waals surface area contributed by atoms with Crippen LogP contribution in [0, 0.1) is 17.8 Å². The van der Waals surface area contributed by atoms with Crippen LogP contribution in [0.4, 0.5) is 0 Å². The predicted octanol–water partition coefficient (Wildman–Crippen LogP) is 14.6. The number of nitrogens with zero attached hydrogens (tertiary/aromatic N) is 2. The molecule has 0 N–H and O–H groups in total. The Morgan fingerprint density at radius 3 is 1.79 bits per heavy atom. The fourth-order valence-electron chi connectivity index (χ4n) is 13.0. The van der Waals surface area contributed by atoms with Crippen molar-refractivity contribution in [3.63, 3.8) is 0 Å². The largest absolute Gasteiger partial charge is 0.366 e. The zero-order chi connectivity index (χ0) is 37.5. The van der Waals surface area contributed by atoms with Gasteiger partial charge in [0.25, 0.3) is 0 Å². The summed E-state index contributed by atoms with van der Waals surface area (Å²) in [6.45, 7) is 0. The van der Waals surface area contributed by atoms with Gasteiger partial charge in [-0.3, -0.25) is 0 Å². The average molecular weight is 751 g/mol. The third kappa shape index (κ3) is 8.85. The molecule has 0 saturated heterocycles. The molecule has 9 rings (SSSR count). The van der Waals surface area contributed by atoms with Crippen molar-refractivity contribution in [2.75, 3.05) is 0 Å². The third-order valence-corrected chi connectivity index (χ3v) is 16.0. The molecule has 1 saturated carbocycles. The van der Waals surface area contributed by atoms with Crippen molar-refractivity contribution in [2.24, 2.45) is 17.8 Å². The van der Waals surface area contributed by atoms with E-state index >= 15 is 0 Å². The Kier molecular flexibility index (Phi) is 12.9. The molecule has 0 aromatic heterocycles. The molecule has 0 amide bonds. The van der Waals surface area contributed by atoms with Crippen LogP contribution in [0.1, 0.15) is 178 Å². The number of allylic oxidation sites excluding steroid dienone is 11. The van der Waals surface area contributed by atoms with Crippen LogP contribution in [0.15, 0.2) is 113 Å². The topological polar surface area (TPSA) is 6.48 Å². The minimum Gasteiger partial charge on any atom is -0.366 e. The van der Waals surface area contributed by atoms with Crippen molar-refractivity contribution < 1.29 is 0 Å². The SMILES string of the molecule is C1=CC(C2C=CC(N(C3=CCCCC3)C3CCC(C4=C(C5=CCC(N(C6=CCCCC6)C6C=CC(c7ccccc7)CC6)CC5)CCCC4)CC3)CC2)CCC1. The van der Waals surface area contributed by atoms with Crippen LogP contribution in [0.3, 0.4) is 0 Å². The first-order chi connectivity index (χ1) is 27.8. The quantitative estimate of drug-likeness (QED) is 0.220. The number of hydrogen-bond donors (Lipinski definition) is 0. The second kappa shape index (κ2) is 18.7. The Morgan fingerprint density at radius 1 is 0.464 bits per heavy atom. The van der Waals surface area contributed by atoms with E-state index in [1.807, 2.05) is 11.1 Å². The van der Waals surface area contributed by atoms with E-state index in [1.54, 1.807) is 17.0 Å². The molecule has 6 unspecified atom stereocenters. The Bertz CT molecular complexity index is 1680. The van der Waals surface area contributed by atoms with Gasteiger partial charge in [-0.15, -0.1) is 0 Å². The molecule has 2 nitrogen and oxygen atoms in total.